The van der Waals surface area contributed by atoms with Crippen LogP contribution in [0.5, 0.6) is 0 Å². The molecule has 1 fully saturated rings. The Hall–Kier alpha value is -2.58. The van der Waals surface area contributed by atoms with Crippen LogP contribution in [0.4, 0.5) is 10.2 Å². The van der Waals surface area contributed by atoms with Gasteiger partial charge in [0.1, 0.15) is 17.3 Å². The second-order valence-electron chi connectivity index (χ2n) is 7.70. The second-order valence-corrected chi connectivity index (χ2v) is 7.70. The fourth-order valence-corrected chi connectivity index (χ4v) is 3.46. The summed E-state index contributed by atoms with van der Waals surface area (Å²) in [6.07, 6.45) is 4.93. The number of rotatable bonds is 7. The van der Waals surface area contributed by atoms with Crippen LogP contribution in [0.25, 0.3) is 0 Å². The zero-order chi connectivity index (χ0) is 20.9. The fraction of sp³-hybridized carbons (Fsp3) is 0.476. The number of hydrogen-bond donors (Lipinski definition) is 2. The number of benzene rings is 1. The molecule has 1 amide bonds. The minimum Gasteiger partial charge on any atom is -0.385 e. The molecule has 0 atom stereocenters. The predicted octanol–water partition coefficient (Wildman–Crippen LogP) is 1.79. The monoisotopic (exact) mass is 401 g/mol. The first kappa shape index (κ1) is 21.1. The van der Waals surface area contributed by atoms with Gasteiger partial charge in [0, 0.05) is 19.6 Å². The van der Waals surface area contributed by atoms with Gasteiger partial charge in [-0.05, 0) is 57.6 Å². The summed E-state index contributed by atoms with van der Waals surface area (Å²) in [5, 5.41) is 13.8. The molecule has 29 heavy (non-hydrogen) atoms. The van der Waals surface area contributed by atoms with E-state index in [0.29, 0.717) is 38.3 Å². The first-order valence-corrected chi connectivity index (χ1v) is 9.86. The third-order valence-electron chi connectivity index (χ3n) is 5.22. The van der Waals surface area contributed by atoms with E-state index in [-0.39, 0.29) is 17.4 Å². The molecule has 3 rings (SSSR count). The highest BCUT2D eigenvalue weighted by molar-refractivity contribution is 5.92. The Morgan fingerprint density at radius 3 is 2.59 bits per heavy atom. The first-order valence-electron chi connectivity index (χ1n) is 9.86. The topological polar surface area (TPSA) is 81.6 Å². The van der Waals surface area contributed by atoms with E-state index in [1.54, 1.807) is 18.3 Å². The van der Waals surface area contributed by atoms with E-state index < -0.39 is 5.60 Å². The molecule has 8 heteroatoms. The quantitative estimate of drug-likeness (QED) is 0.689. The molecule has 0 unspecified atom stereocenters. The lowest BCUT2D eigenvalue weighted by Crippen LogP contribution is -2.43. The molecule has 1 aliphatic rings. The van der Waals surface area contributed by atoms with Gasteiger partial charge in [-0.25, -0.2) is 9.37 Å². The van der Waals surface area contributed by atoms with E-state index in [9.17, 15) is 14.3 Å². The normalized spacial score (nSPS) is 16.1. The third kappa shape index (κ3) is 5.48. The van der Waals surface area contributed by atoms with Crippen LogP contribution in [-0.2, 0) is 5.60 Å². The van der Waals surface area contributed by atoms with E-state index in [4.69, 9.17) is 0 Å². The van der Waals surface area contributed by atoms with Crippen LogP contribution in [0.3, 0.4) is 0 Å². The Balaban J connectivity index is 1.59. The first-order chi connectivity index (χ1) is 13.9. The lowest BCUT2D eigenvalue weighted by Gasteiger charge is -2.39. The van der Waals surface area contributed by atoms with Gasteiger partial charge in [-0.3, -0.25) is 9.78 Å². The Labute approximate surface area is 170 Å². The van der Waals surface area contributed by atoms with Crippen LogP contribution in [0.2, 0.25) is 0 Å². The van der Waals surface area contributed by atoms with Gasteiger partial charge in [0.15, 0.2) is 0 Å². The number of anilines is 1. The van der Waals surface area contributed by atoms with Crippen molar-refractivity contribution in [2.75, 3.05) is 45.2 Å². The highest BCUT2D eigenvalue weighted by Gasteiger charge is 2.34. The van der Waals surface area contributed by atoms with Gasteiger partial charge in [-0.2, -0.15) is 0 Å². The highest BCUT2D eigenvalue weighted by atomic mass is 19.1. The molecule has 1 aliphatic heterocycles. The molecule has 7 nitrogen and oxygen atoms in total. The van der Waals surface area contributed by atoms with Crippen molar-refractivity contribution in [3.05, 3.63) is 53.7 Å². The smallest absolute Gasteiger partial charge is 0.271 e. The average Bonchev–Trinajstić information content (AvgIpc) is 2.72. The lowest BCUT2D eigenvalue weighted by atomic mass is 9.84. The summed E-state index contributed by atoms with van der Waals surface area (Å²) in [5.74, 6) is 0.0619. The molecule has 0 radical (unpaired) electrons. The van der Waals surface area contributed by atoms with E-state index in [0.717, 1.165) is 18.5 Å². The standard InChI is InChI=1S/C21H28FN5O2/c1-26(2)11-3-10-24-20(28)18-14-23-15-19(25-18)27-12-8-21(29,9-13-27)16-4-6-17(22)7-5-16/h4-7,14-15,29H,3,8-13H2,1-2H3,(H,24,28). The summed E-state index contributed by atoms with van der Waals surface area (Å²) in [5.41, 5.74) is 0.0150. The molecular weight excluding hydrogens is 373 g/mol. The number of nitrogens with one attached hydrogen (secondary N) is 1. The van der Waals surface area contributed by atoms with E-state index >= 15 is 0 Å². The van der Waals surface area contributed by atoms with Crippen LogP contribution >= 0.6 is 0 Å². The summed E-state index contributed by atoms with van der Waals surface area (Å²) in [7, 11) is 3.99. The van der Waals surface area contributed by atoms with Crippen molar-refractivity contribution in [2.24, 2.45) is 0 Å². The van der Waals surface area contributed by atoms with E-state index in [1.165, 1.54) is 18.3 Å². The van der Waals surface area contributed by atoms with E-state index in [1.807, 2.05) is 19.0 Å². The van der Waals surface area contributed by atoms with Gasteiger partial charge in [-0.15, -0.1) is 0 Å². The van der Waals surface area contributed by atoms with Gasteiger partial charge in [0.05, 0.1) is 18.0 Å². The van der Waals surface area contributed by atoms with Crippen molar-refractivity contribution < 1.29 is 14.3 Å². The van der Waals surface area contributed by atoms with Crippen LogP contribution in [0.15, 0.2) is 36.7 Å². The number of aliphatic hydroxyl groups is 1. The van der Waals surface area contributed by atoms with Gasteiger partial charge in [-0.1, -0.05) is 12.1 Å². The van der Waals surface area contributed by atoms with Crippen molar-refractivity contribution in [3.63, 3.8) is 0 Å². The molecule has 0 aliphatic carbocycles. The maximum absolute atomic E-state index is 13.2. The molecule has 2 aromatic rings. The molecule has 0 spiro atoms. The molecule has 2 N–H and O–H groups in total. The number of piperidine rings is 1. The second kappa shape index (κ2) is 9.28. The van der Waals surface area contributed by atoms with Crippen LogP contribution in [-0.4, -0.2) is 66.2 Å². The lowest BCUT2D eigenvalue weighted by molar-refractivity contribution is 0.0116. The number of amides is 1. The SMILES string of the molecule is CN(C)CCCNC(=O)c1cncc(N2CCC(O)(c3ccc(F)cc3)CC2)n1. The number of nitrogens with zero attached hydrogens (tertiary/aromatic N) is 4. The molecule has 1 aromatic heterocycles. The van der Waals surface area contributed by atoms with Gasteiger partial charge >= 0.3 is 0 Å². The zero-order valence-electron chi connectivity index (χ0n) is 16.9. The van der Waals surface area contributed by atoms with Gasteiger partial charge in [0.25, 0.3) is 5.91 Å². The maximum atomic E-state index is 13.2. The minimum atomic E-state index is -0.987. The number of carbonyl (C=O) groups excluding carboxylic acids is 1. The zero-order valence-corrected chi connectivity index (χ0v) is 16.9. The van der Waals surface area contributed by atoms with Gasteiger partial charge in [0.2, 0.25) is 0 Å². The molecule has 1 saturated heterocycles. The molecule has 0 bridgehead atoms. The van der Waals surface area contributed by atoms with Crippen LogP contribution in [0.1, 0.15) is 35.3 Å². The Bertz CT molecular complexity index is 820. The molecule has 0 saturated carbocycles. The highest BCUT2D eigenvalue weighted by Crippen LogP contribution is 2.34. The largest absolute Gasteiger partial charge is 0.385 e. The van der Waals surface area contributed by atoms with E-state index in [2.05, 4.69) is 20.2 Å². The Morgan fingerprint density at radius 1 is 1.24 bits per heavy atom. The third-order valence-corrected chi connectivity index (χ3v) is 5.22. The maximum Gasteiger partial charge on any atom is 0.271 e. The molecule has 156 valence electrons. The van der Waals surface area contributed by atoms with Crippen molar-refractivity contribution in [1.29, 1.82) is 0 Å². The molecule has 1 aromatic carbocycles. The predicted molar refractivity (Wildman–Crippen MR) is 109 cm³/mol. The summed E-state index contributed by atoms with van der Waals surface area (Å²) in [6, 6.07) is 6.00. The van der Waals surface area contributed by atoms with Crippen molar-refractivity contribution in [1.82, 2.24) is 20.2 Å². The van der Waals surface area contributed by atoms with Crippen LogP contribution < -0.4 is 10.2 Å². The van der Waals surface area contributed by atoms with Gasteiger partial charge < -0.3 is 20.2 Å². The summed E-state index contributed by atoms with van der Waals surface area (Å²) in [6.45, 7) is 2.61. The number of carbonyl (C=O) groups is 1. The number of hydrogen-bond acceptors (Lipinski definition) is 6. The average molecular weight is 401 g/mol. The van der Waals surface area contributed by atoms with Crippen molar-refractivity contribution in [2.45, 2.75) is 24.9 Å². The minimum absolute atomic E-state index is 0.238. The van der Waals surface area contributed by atoms with Crippen molar-refractivity contribution >= 4 is 11.7 Å². The number of halogens is 1. The molecule has 2 heterocycles. The summed E-state index contributed by atoms with van der Waals surface area (Å²) >= 11 is 0. The summed E-state index contributed by atoms with van der Waals surface area (Å²) in [4.78, 5) is 25.0. The molecular formula is C21H28FN5O2. The fourth-order valence-electron chi connectivity index (χ4n) is 3.46. The number of aromatic nitrogens is 2. The Kier molecular flexibility index (Phi) is 6.76. The van der Waals surface area contributed by atoms with Crippen molar-refractivity contribution in [3.8, 4) is 0 Å². The summed E-state index contributed by atoms with van der Waals surface area (Å²) < 4.78 is 13.2. The Morgan fingerprint density at radius 2 is 1.93 bits per heavy atom. The van der Waals surface area contributed by atoms with Crippen LogP contribution in [0, 0.1) is 5.82 Å².